The lowest BCUT2D eigenvalue weighted by Gasteiger charge is -2.15. The molecule has 3 aromatic rings. The van der Waals surface area contributed by atoms with Crippen molar-refractivity contribution >= 4 is 17.0 Å². The fraction of sp³-hybridized carbons (Fsp3) is 0.318. The highest BCUT2D eigenvalue weighted by Gasteiger charge is 2.28. The maximum absolute atomic E-state index is 13.0. The van der Waals surface area contributed by atoms with Crippen LogP contribution in [0.15, 0.2) is 47.4 Å². The molecule has 2 aromatic heterocycles. The van der Waals surface area contributed by atoms with E-state index >= 15 is 0 Å². The molecule has 0 atom stereocenters. The van der Waals surface area contributed by atoms with Gasteiger partial charge in [-0.2, -0.15) is 0 Å². The Bertz CT molecular complexity index is 1090. The molecule has 0 radical (unpaired) electrons. The number of hydrogen-bond donors (Lipinski definition) is 1. The molecule has 0 unspecified atom stereocenters. The Labute approximate surface area is 162 Å². The third-order valence-electron chi connectivity index (χ3n) is 5.00. The predicted molar refractivity (Wildman–Crippen MR) is 106 cm³/mol. The number of esters is 1. The summed E-state index contributed by atoms with van der Waals surface area (Å²) in [6.45, 7) is 2.30. The Morgan fingerprint density at radius 3 is 2.68 bits per heavy atom. The molecule has 28 heavy (non-hydrogen) atoms. The van der Waals surface area contributed by atoms with Gasteiger partial charge in [0.15, 0.2) is 11.3 Å². The number of carbonyl (C=O) groups excluding carboxylic acids is 1. The van der Waals surface area contributed by atoms with Crippen molar-refractivity contribution in [3.05, 3.63) is 69.6 Å². The van der Waals surface area contributed by atoms with E-state index in [-0.39, 0.29) is 17.7 Å². The van der Waals surface area contributed by atoms with Crippen molar-refractivity contribution < 1.29 is 14.6 Å². The van der Waals surface area contributed by atoms with Gasteiger partial charge < -0.3 is 14.4 Å². The molecular weight excluding hydrogens is 356 g/mol. The Hall–Kier alpha value is -3.15. The Kier molecular flexibility index (Phi) is 4.86. The molecule has 6 heteroatoms. The van der Waals surface area contributed by atoms with Crippen LogP contribution in [0.25, 0.3) is 11.0 Å². The largest absolute Gasteiger partial charge is 0.505 e. The van der Waals surface area contributed by atoms with E-state index in [0.717, 1.165) is 24.0 Å². The molecule has 2 heterocycles. The second kappa shape index (κ2) is 7.46. The van der Waals surface area contributed by atoms with E-state index in [2.05, 4.69) is 4.98 Å². The second-order valence-electron chi connectivity index (χ2n) is 7.18. The lowest BCUT2D eigenvalue weighted by Crippen LogP contribution is -2.29. The fourth-order valence-electron chi connectivity index (χ4n) is 3.40. The van der Waals surface area contributed by atoms with Crippen molar-refractivity contribution in [1.82, 2.24) is 9.55 Å². The number of aromatic hydroxyl groups is 1. The summed E-state index contributed by atoms with van der Waals surface area (Å²) in [7, 11) is 0. The van der Waals surface area contributed by atoms with Crippen LogP contribution in [0.4, 0.5) is 0 Å². The van der Waals surface area contributed by atoms with Crippen LogP contribution in [0.2, 0.25) is 0 Å². The first kappa shape index (κ1) is 18.2. The molecular formula is C22H22N2O4. The zero-order valence-corrected chi connectivity index (χ0v) is 15.7. The molecule has 0 aliphatic heterocycles. The number of fused-ring (bicyclic) bond motifs is 1. The van der Waals surface area contributed by atoms with Crippen LogP contribution in [0.5, 0.6) is 5.75 Å². The van der Waals surface area contributed by atoms with Crippen LogP contribution in [0.1, 0.15) is 41.3 Å². The van der Waals surface area contributed by atoms with Gasteiger partial charge in [0, 0.05) is 12.7 Å². The van der Waals surface area contributed by atoms with Gasteiger partial charge in [-0.15, -0.1) is 0 Å². The molecule has 1 N–H and O–H groups in total. The third kappa shape index (κ3) is 3.50. The van der Waals surface area contributed by atoms with Crippen LogP contribution in [0.3, 0.4) is 0 Å². The van der Waals surface area contributed by atoms with Gasteiger partial charge in [-0.05, 0) is 49.3 Å². The number of nitrogens with zero attached hydrogens (tertiary/aromatic N) is 2. The quantitative estimate of drug-likeness (QED) is 0.666. The SMILES string of the molecule is CCOC(=O)c1c(O)c2ncc(Cc3ccccc3)cc2n(CC2CC2)c1=O. The number of aromatic nitrogens is 2. The van der Waals surface area contributed by atoms with Gasteiger partial charge in [-0.25, -0.2) is 4.79 Å². The van der Waals surface area contributed by atoms with E-state index in [1.54, 1.807) is 17.7 Å². The van der Waals surface area contributed by atoms with Crippen molar-refractivity contribution in [1.29, 1.82) is 0 Å². The first-order chi connectivity index (χ1) is 13.6. The number of hydrogen-bond acceptors (Lipinski definition) is 5. The van der Waals surface area contributed by atoms with E-state index in [1.807, 2.05) is 36.4 Å². The smallest absolute Gasteiger partial charge is 0.347 e. The molecule has 1 fully saturated rings. The Balaban J connectivity index is 1.86. The summed E-state index contributed by atoms with van der Waals surface area (Å²) < 4.78 is 6.55. The van der Waals surface area contributed by atoms with Gasteiger partial charge in [0.1, 0.15) is 5.52 Å². The molecule has 0 bridgehead atoms. The van der Waals surface area contributed by atoms with Crippen LogP contribution < -0.4 is 5.56 Å². The summed E-state index contributed by atoms with van der Waals surface area (Å²) in [6, 6.07) is 11.9. The van der Waals surface area contributed by atoms with Crippen molar-refractivity contribution in [2.45, 2.75) is 32.7 Å². The van der Waals surface area contributed by atoms with Crippen molar-refractivity contribution in [3.63, 3.8) is 0 Å². The van der Waals surface area contributed by atoms with E-state index in [0.29, 0.717) is 24.4 Å². The van der Waals surface area contributed by atoms with Gasteiger partial charge in [0.05, 0.1) is 12.1 Å². The molecule has 0 saturated heterocycles. The number of ether oxygens (including phenoxy) is 1. The number of pyridine rings is 2. The molecule has 6 nitrogen and oxygen atoms in total. The highest BCUT2D eigenvalue weighted by Crippen LogP contribution is 2.33. The minimum Gasteiger partial charge on any atom is -0.505 e. The fourth-order valence-corrected chi connectivity index (χ4v) is 3.40. The molecule has 144 valence electrons. The number of benzene rings is 1. The average molecular weight is 378 g/mol. The van der Waals surface area contributed by atoms with Crippen LogP contribution in [-0.4, -0.2) is 27.2 Å². The van der Waals surface area contributed by atoms with Gasteiger partial charge in [-0.1, -0.05) is 30.3 Å². The molecule has 1 saturated carbocycles. The first-order valence-corrected chi connectivity index (χ1v) is 9.54. The van der Waals surface area contributed by atoms with E-state index in [4.69, 9.17) is 4.74 Å². The minimum absolute atomic E-state index is 0.127. The average Bonchev–Trinajstić information content (AvgIpc) is 3.50. The number of rotatable bonds is 6. The van der Waals surface area contributed by atoms with Crippen molar-refractivity contribution in [3.8, 4) is 5.75 Å². The zero-order chi connectivity index (χ0) is 19.7. The maximum Gasteiger partial charge on any atom is 0.347 e. The summed E-state index contributed by atoms with van der Waals surface area (Å²) in [5.74, 6) is -0.804. The Morgan fingerprint density at radius 1 is 1.25 bits per heavy atom. The summed E-state index contributed by atoms with van der Waals surface area (Å²) in [4.78, 5) is 29.7. The normalized spacial score (nSPS) is 13.6. The maximum atomic E-state index is 13.0. The van der Waals surface area contributed by atoms with E-state index < -0.39 is 17.3 Å². The summed E-state index contributed by atoms with van der Waals surface area (Å²) in [5.41, 5.74) is 2.02. The third-order valence-corrected chi connectivity index (χ3v) is 5.00. The van der Waals surface area contributed by atoms with Gasteiger partial charge in [-0.3, -0.25) is 9.78 Å². The van der Waals surface area contributed by atoms with Crippen molar-refractivity contribution in [2.24, 2.45) is 5.92 Å². The summed E-state index contributed by atoms with van der Waals surface area (Å²) >= 11 is 0. The monoisotopic (exact) mass is 378 g/mol. The lowest BCUT2D eigenvalue weighted by atomic mass is 10.1. The molecule has 0 spiro atoms. The van der Waals surface area contributed by atoms with Crippen LogP contribution in [0, 0.1) is 5.92 Å². The van der Waals surface area contributed by atoms with Crippen molar-refractivity contribution in [2.75, 3.05) is 6.61 Å². The molecule has 0 amide bonds. The molecule has 1 aliphatic carbocycles. The Morgan fingerprint density at radius 2 is 2.00 bits per heavy atom. The van der Waals surface area contributed by atoms with Crippen LogP contribution in [-0.2, 0) is 17.7 Å². The lowest BCUT2D eigenvalue weighted by molar-refractivity contribution is 0.0520. The predicted octanol–water partition coefficient (Wildman–Crippen LogP) is 3.28. The topological polar surface area (TPSA) is 81.4 Å². The van der Waals surface area contributed by atoms with E-state index in [9.17, 15) is 14.7 Å². The summed E-state index contributed by atoms with van der Waals surface area (Å²) in [5, 5.41) is 10.6. The van der Waals surface area contributed by atoms with Gasteiger partial charge in [0.25, 0.3) is 5.56 Å². The zero-order valence-electron chi connectivity index (χ0n) is 15.7. The molecule has 4 rings (SSSR count). The molecule has 1 aromatic carbocycles. The highest BCUT2D eigenvalue weighted by molar-refractivity contribution is 5.98. The van der Waals surface area contributed by atoms with Gasteiger partial charge >= 0.3 is 5.97 Å². The minimum atomic E-state index is -0.813. The second-order valence-corrected chi connectivity index (χ2v) is 7.18. The number of carbonyl (C=O) groups is 1. The highest BCUT2D eigenvalue weighted by atomic mass is 16.5. The van der Waals surface area contributed by atoms with Gasteiger partial charge in [0.2, 0.25) is 0 Å². The summed E-state index contributed by atoms with van der Waals surface area (Å²) in [6.07, 6.45) is 4.46. The standard InChI is InChI=1S/C22H22N2O4/c1-2-28-22(27)18-20(25)19-17(24(21(18)26)13-15-8-9-15)11-16(12-23-19)10-14-6-4-3-5-7-14/h3-7,11-12,15,25H,2,8-10,13H2,1H3. The molecule has 1 aliphatic rings. The van der Waals surface area contributed by atoms with E-state index in [1.165, 1.54) is 0 Å². The van der Waals surface area contributed by atoms with Crippen LogP contribution >= 0.6 is 0 Å². The first-order valence-electron chi connectivity index (χ1n) is 9.54.